The first-order valence-electron chi connectivity index (χ1n) is 50.3. The van der Waals surface area contributed by atoms with Gasteiger partial charge in [-0.3, -0.25) is 0 Å². The molecule has 718 valence electrons. The Labute approximate surface area is 837 Å². The van der Waals surface area contributed by atoms with Gasteiger partial charge in [0, 0.05) is 28.5 Å². The molecule has 0 spiro atoms. The van der Waals surface area contributed by atoms with E-state index in [1.807, 2.05) is 54.6 Å². The third-order valence-corrected chi connectivity index (χ3v) is 30.4. The van der Waals surface area contributed by atoms with Gasteiger partial charge in [0.05, 0.1) is 98.3 Å². The normalized spacial score (nSPS) is 13.1. The van der Waals surface area contributed by atoms with Crippen LogP contribution in [0.4, 0.5) is 0 Å². The molecule has 0 unspecified atom stereocenters. The lowest BCUT2D eigenvalue weighted by atomic mass is 9.89. The third-order valence-electron chi connectivity index (χ3n) is 30.4. The molecule has 2 aliphatic carbocycles. The summed E-state index contributed by atoms with van der Waals surface area (Å²) in [5.74, 6) is 10.5. The molecule has 14 aromatic carbocycles. The molecule has 2 saturated carbocycles. The van der Waals surface area contributed by atoms with E-state index in [1.54, 1.807) is 0 Å². The third kappa shape index (κ3) is 16.1. The number of oxazole rings is 5. The van der Waals surface area contributed by atoms with E-state index in [1.165, 1.54) is 186 Å². The van der Waals surface area contributed by atoms with Crippen molar-refractivity contribution in [2.45, 2.75) is 132 Å². The molecule has 0 atom stereocenters. The molecule has 20 heteroatoms. The molecule has 0 bridgehead atoms. The second-order valence-electron chi connectivity index (χ2n) is 39.6. The van der Waals surface area contributed by atoms with Gasteiger partial charge in [0.25, 0.3) is 29.1 Å². The second-order valence-corrected chi connectivity index (χ2v) is 39.6. The topological polar surface area (TPSA) is 174 Å². The summed E-state index contributed by atoms with van der Waals surface area (Å²) >= 11 is 0. The van der Waals surface area contributed by atoms with Gasteiger partial charge >= 0.3 is 0 Å². The molecule has 10 heterocycles. The minimum Gasteiger partial charge on any atom is -0.440 e. The van der Waals surface area contributed by atoms with Crippen molar-refractivity contribution in [1.29, 1.82) is 0 Å². The average molecular weight is 1900 g/mol. The van der Waals surface area contributed by atoms with Crippen LogP contribution in [-0.2, 0) is 70.5 Å². The van der Waals surface area contributed by atoms with E-state index in [9.17, 15) is 0 Å². The van der Waals surface area contributed by atoms with Crippen LogP contribution in [0.15, 0.2) is 295 Å². The highest BCUT2D eigenvalue weighted by atomic mass is 16.4. The molecule has 0 aliphatic heterocycles. The Bertz CT molecular complexity index is 8900. The van der Waals surface area contributed by atoms with Crippen LogP contribution in [0.25, 0.3) is 213 Å². The quantitative estimate of drug-likeness (QED) is 0.113. The monoisotopic (exact) mass is 1900 g/mol. The number of rotatable bonds is 11. The summed E-state index contributed by atoms with van der Waals surface area (Å²) in [6.07, 6.45) is 11.3. The minimum atomic E-state index is 0.473. The highest BCUT2D eigenvalue weighted by Crippen LogP contribution is 2.45. The van der Waals surface area contributed by atoms with E-state index in [0.29, 0.717) is 29.5 Å². The van der Waals surface area contributed by atoms with Crippen molar-refractivity contribution in [3.8, 4) is 102 Å². The molecule has 26 rings (SSSR count). The van der Waals surface area contributed by atoms with Gasteiger partial charge in [0.15, 0.2) is 94.9 Å². The Morgan fingerprint density at radius 2 is 0.465 bits per heavy atom. The van der Waals surface area contributed by atoms with Gasteiger partial charge in [0.2, 0.25) is 17.7 Å². The summed E-state index contributed by atoms with van der Waals surface area (Å²) in [6.45, 7) is 19.2. The van der Waals surface area contributed by atoms with Crippen LogP contribution in [0.1, 0.15) is 131 Å². The predicted molar refractivity (Wildman–Crippen MR) is 577 cm³/mol. The first-order valence-corrected chi connectivity index (χ1v) is 50.3. The number of aryl methyl sites for hydroxylation is 19. The molecule has 2 aliphatic rings. The van der Waals surface area contributed by atoms with Gasteiger partial charge in [-0.2, -0.15) is 0 Å². The Morgan fingerprint density at radius 1 is 0.222 bits per heavy atom. The van der Waals surface area contributed by atoms with Crippen molar-refractivity contribution in [3.63, 3.8) is 0 Å². The summed E-state index contributed by atoms with van der Waals surface area (Å²) in [4.78, 5) is 25.0. The van der Waals surface area contributed by atoms with E-state index in [4.69, 9.17) is 47.0 Å². The van der Waals surface area contributed by atoms with Crippen molar-refractivity contribution in [1.82, 2.24) is 47.8 Å². The molecule has 0 radical (unpaired) electrons. The smallest absolute Gasteiger partial charge is 0.292 e. The number of benzene rings is 14. The number of imidazole rings is 5. The average Bonchev–Trinajstić information content (AvgIpc) is 1.60. The van der Waals surface area contributed by atoms with E-state index in [-0.39, 0.29) is 0 Å². The van der Waals surface area contributed by atoms with Crippen molar-refractivity contribution < 1.29 is 44.9 Å². The fourth-order valence-corrected chi connectivity index (χ4v) is 23.1. The Hall–Kier alpha value is -16.2. The molecule has 20 nitrogen and oxygen atoms in total. The highest BCUT2D eigenvalue weighted by molar-refractivity contribution is 5.98. The Balaban J connectivity index is 0.000000103. The van der Waals surface area contributed by atoms with Crippen LogP contribution in [0.3, 0.4) is 0 Å². The van der Waals surface area contributed by atoms with E-state index in [0.717, 1.165) is 129 Å². The summed E-state index contributed by atoms with van der Waals surface area (Å²) in [6, 6.07) is 94.6. The predicted octanol–water partition coefficient (Wildman–Crippen LogP) is 27.2. The lowest BCUT2D eigenvalue weighted by molar-refractivity contribution is -0.634. The zero-order chi connectivity index (χ0) is 99.5. The molecule has 2 fully saturated rings. The molecule has 10 aromatic heterocycles. The molecule has 0 N–H and O–H groups in total. The number of hydrogen-bond acceptors (Lipinski definition) is 10. The molecular weight excluding hydrogens is 1780 g/mol. The molecule has 0 saturated heterocycles. The summed E-state index contributed by atoms with van der Waals surface area (Å²) < 4.78 is 53.7. The number of para-hydroxylation sites is 10. The van der Waals surface area contributed by atoms with E-state index < -0.39 is 0 Å². The molecule has 0 amide bonds. The lowest BCUT2D eigenvalue weighted by Gasteiger charge is -2.17. The maximum absolute atomic E-state index is 6.40. The zero-order valence-electron chi connectivity index (χ0n) is 85.7. The Kier molecular flexibility index (Phi) is 24.3. The first-order chi connectivity index (χ1) is 69.8. The summed E-state index contributed by atoms with van der Waals surface area (Å²) in [5, 5.41) is 0. The largest absolute Gasteiger partial charge is 0.440 e. The van der Waals surface area contributed by atoms with Crippen LogP contribution in [0.2, 0.25) is 0 Å². The van der Waals surface area contributed by atoms with Gasteiger partial charge in [-0.1, -0.05) is 202 Å². The molecular formula is C124H122N15O5+5. The van der Waals surface area contributed by atoms with Crippen molar-refractivity contribution in [2.75, 3.05) is 0 Å². The van der Waals surface area contributed by atoms with Crippen LogP contribution in [-0.4, -0.2) is 47.8 Å². The second kappa shape index (κ2) is 37.7. The van der Waals surface area contributed by atoms with Crippen molar-refractivity contribution in [3.05, 3.63) is 335 Å². The maximum Gasteiger partial charge on any atom is 0.292 e. The first kappa shape index (κ1) is 92.8. The van der Waals surface area contributed by atoms with Crippen molar-refractivity contribution in [2.24, 2.45) is 70.5 Å². The summed E-state index contributed by atoms with van der Waals surface area (Å²) in [5.41, 5.74) is 42.8. The highest BCUT2D eigenvalue weighted by Gasteiger charge is 2.36. The number of aromatic nitrogens is 15. The number of hydrogen-bond donors (Lipinski definition) is 0. The van der Waals surface area contributed by atoms with Gasteiger partial charge < -0.3 is 22.1 Å². The van der Waals surface area contributed by atoms with Gasteiger partial charge in [0.1, 0.15) is 27.6 Å². The van der Waals surface area contributed by atoms with Crippen LogP contribution < -0.4 is 22.8 Å². The SMILES string of the molecule is Cc1cc(-c2ccccc2)cc(C)c1-c1nc2c(-c3n(C)c4ccccc4[n+]3C)c(C)ccc2o1.Cc1ccc2oc(-c3ccccc3)nc2c1-c1n(C)c2ccccc2[n+]1C.Cc1ccc2oc(C3CCCC3)nc2c1-c1n(C)c2ccccc2[n+]1C.Cc1ccc2oc(C3CCCCC3)nc2c1-c1n(C)c2ccccc2[n+]1C.Cc1cccc(C)c1-c1nc2c(-c3n(C)c4ccccc4[n+]3C)c(C)ccc2o1. The fraction of sp³-hybridized carbons (Fsp3) is 0.242. The van der Waals surface area contributed by atoms with Crippen LogP contribution >= 0.6 is 0 Å². The van der Waals surface area contributed by atoms with Gasteiger partial charge in [-0.15, -0.1) is 0 Å². The number of fused-ring (bicyclic) bond motifs is 10. The van der Waals surface area contributed by atoms with E-state index in [2.05, 4.69) is 397 Å². The van der Waals surface area contributed by atoms with Gasteiger partial charge in [-0.25, -0.2) is 70.6 Å². The zero-order valence-corrected chi connectivity index (χ0v) is 85.7. The Morgan fingerprint density at radius 3 is 0.771 bits per heavy atom. The molecule has 144 heavy (non-hydrogen) atoms. The lowest BCUT2D eigenvalue weighted by Crippen LogP contribution is -2.30. The minimum absolute atomic E-state index is 0.473. The van der Waals surface area contributed by atoms with Crippen LogP contribution in [0.5, 0.6) is 0 Å². The standard InChI is InChI=1S/C31H28N3O.C25H24N3O.C23H26N3O.C23H20N3O.C22H24N3O/c1-19-15-16-26-29(28(19)31-33(4)24-13-9-10-14-25(24)34(31)5)32-30(35-26)27-20(2)17-23(18-21(27)3)22-11-7-6-8-12-22;1-15-9-8-10-16(2)21(15)24-26-23-20(29-24)14-13-17(3)22(23)25-27(4)18-11-6-7-12-19(18)28(25)5;2*1-15-13-14-19-21(24-22(27-19)16-9-5-4-6-10-16)20(15)23-25(2)17-11-7-8-12-18(17)26(23)3;1-14-12-13-18-20(23-21(26-18)15-8-4-5-9-15)19(14)22-24(2)16-10-6-7-11-17(16)25(22)3/h6-18H,1-5H3;6-14H,1-5H3;7-8,11-14,16H,4-6,9-10H2,1-3H3;4-14H,1-3H3;6-7,10-13,15H,4-5,8-9H2,1-3H3/q5*+1. The van der Waals surface area contributed by atoms with E-state index >= 15 is 0 Å². The number of nitrogens with zero attached hydrogens (tertiary/aromatic N) is 15. The molecule has 24 aromatic rings. The van der Waals surface area contributed by atoms with Crippen molar-refractivity contribution >= 4 is 111 Å². The maximum atomic E-state index is 6.40. The summed E-state index contributed by atoms with van der Waals surface area (Å²) in [7, 11) is 21.2. The van der Waals surface area contributed by atoms with Crippen LogP contribution in [0, 0.1) is 62.3 Å². The fourth-order valence-electron chi connectivity index (χ4n) is 23.1. The van der Waals surface area contributed by atoms with Gasteiger partial charge in [-0.05, 0) is 252 Å².